The van der Waals surface area contributed by atoms with Crippen LogP contribution in [-0.2, 0) is 5.54 Å². The lowest BCUT2D eigenvalue weighted by Gasteiger charge is -2.34. The number of carbonyl (C=O) groups excluding carboxylic acids is 1. The zero-order valence-electron chi connectivity index (χ0n) is 11.5. The summed E-state index contributed by atoms with van der Waals surface area (Å²) in [5.41, 5.74) is 12.3. The van der Waals surface area contributed by atoms with E-state index in [0.717, 1.165) is 24.8 Å². The Balaban J connectivity index is 1.72. The van der Waals surface area contributed by atoms with Gasteiger partial charge in [-0.2, -0.15) is 4.98 Å². The molecular formula is C15H16N4O2. The van der Waals surface area contributed by atoms with Crippen LogP contribution in [0.1, 0.15) is 46.9 Å². The van der Waals surface area contributed by atoms with Crippen LogP contribution in [0.4, 0.5) is 0 Å². The Morgan fingerprint density at radius 2 is 1.95 bits per heavy atom. The van der Waals surface area contributed by atoms with Gasteiger partial charge in [0.1, 0.15) is 0 Å². The van der Waals surface area contributed by atoms with Gasteiger partial charge in [-0.1, -0.05) is 17.3 Å². The molecule has 0 saturated heterocycles. The second-order valence-corrected chi connectivity index (χ2v) is 5.29. The zero-order valence-corrected chi connectivity index (χ0v) is 11.5. The number of primary amides is 1. The average Bonchev–Trinajstić information content (AvgIpc) is 2.92. The molecule has 21 heavy (non-hydrogen) atoms. The van der Waals surface area contributed by atoms with Gasteiger partial charge in [-0.3, -0.25) is 4.79 Å². The van der Waals surface area contributed by atoms with Crippen molar-refractivity contribution < 1.29 is 9.32 Å². The van der Waals surface area contributed by atoms with Crippen LogP contribution in [0.2, 0.25) is 0 Å². The van der Waals surface area contributed by atoms with Crippen molar-refractivity contribution in [1.29, 1.82) is 0 Å². The molecule has 1 aliphatic rings. The molecule has 4 N–H and O–H groups in total. The largest absolute Gasteiger partial charge is 0.366 e. The van der Waals surface area contributed by atoms with Crippen LogP contribution in [0.25, 0.3) is 12.2 Å². The summed E-state index contributed by atoms with van der Waals surface area (Å²) in [6, 6.07) is 6.93. The topological polar surface area (TPSA) is 108 Å². The van der Waals surface area contributed by atoms with E-state index in [4.69, 9.17) is 16.0 Å². The third-order valence-electron chi connectivity index (χ3n) is 3.75. The molecule has 0 spiro atoms. The molecule has 6 heteroatoms. The van der Waals surface area contributed by atoms with Crippen LogP contribution in [0.15, 0.2) is 28.8 Å². The average molecular weight is 284 g/mol. The fraction of sp³-hybridized carbons (Fsp3) is 0.267. The summed E-state index contributed by atoms with van der Waals surface area (Å²) in [4.78, 5) is 15.3. The van der Waals surface area contributed by atoms with Gasteiger partial charge in [0, 0.05) is 11.6 Å². The summed E-state index contributed by atoms with van der Waals surface area (Å²) in [5.74, 6) is 0.541. The lowest BCUT2D eigenvalue weighted by Crippen LogP contribution is -2.44. The zero-order chi connectivity index (χ0) is 14.9. The summed E-state index contributed by atoms with van der Waals surface area (Å²) in [7, 11) is 0. The molecule has 3 rings (SSSR count). The number of hydrogen-bond donors (Lipinski definition) is 2. The van der Waals surface area contributed by atoms with Crippen molar-refractivity contribution in [3.8, 4) is 0 Å². The van der Waals surface area contributed by atoms with Crippen molar-refractivity contribution in [2.75, 3.05) is 0 Å². The molecule has 1 saturated carbocycles. The van der Waals surface area contributed by atoms with Gasteiger partial charge in [-0.25, -0.2) is 0 Å². The summed E-state index contributed by atoms with van der Waals surface area (Å²) < 4.78 is 5.17. The van der Waals surface area contributed by atoms with E-state index in [1.807, 2.05) is 6.08 Å². The van der Waals surface area contributed by atoms with Crippen molar-refractivity contribution >= 4 is 18.1 Å². The van der Waals surface area contributed by atoms with Crippen LogP contribution in [0, 0.1) is 0 Å². The second kappa shape index (κ2) is 5.14. The van der Waals surface area contributed by atoms with Crippen LogP contribution >= 0.6 is 0 Å². The summed E-state index contributed by atoms with van der Waals surface area (Å²) in [6.45, 7) is 0. The lowest BCUT2D eigenvalue weighted by molar-refractivity contribution is 0.100. The van der Waals surface area contributed by atoms with Crippen molar-refractivity contribution in [3.63, 3.8) is 0 Å². The van der Waals surface area contributed by atoms with E-state index in [0.29, 0.717) is 17.3 Å². The van der Waals surface area contributed by atoms with Gasteiger partial charge in [0.15, 0.2) is 5.82 Å². The highest BCUT2D eigenvalue weighted by atomic mass is 16.5. The normalized spacial score (nSPS) is 16.8. The van der Waals surface area contributed by atoms with Crippen LogP contribution < -0.4 is 11.5 Å². The predicted molar refractivity (Wildman–Crippen MR) is 77.9 cm³/mol. The van der Waals surface area contributed by atoms with Crippen LogP contribution in [0.3, 0.4) is 0 Å². The molecule has 1 aromatic heterocycles. The van der Waals surface area contributed by atoms with E-state index in [1.54, 1.807) is 30.3 Å². The van der Waals surface area contributed by atoms with E-state index in [9.17, 15) is 4.79 Å². The third-order valence-corrected chi connectivity index (χ3v) is 3.75. The molecule has 0 atom stereocenters. The standard InChI is InChI=1S/C15H16N4O2/c16-13(20)11-5-2-10(3-6-11)4-7-12-18-14(19-21-12)15(17)8-1-9-15/h2-7H,1,8-9,17H2,(H2,16,20)/b7-4+. The predicted octanol–water partition coefficient (Wildman–Crippen LogP) is 1.68. The van der Waals surface area contributed by atoms with Crippen LogP contribution in [0.5, 0.6) is 0 Å². The Morgan fingerprint density at radius 1 is 1.24 bits per heavy atom. The molecule has 1 fully saturated rings. The summed E-state index contributed by atoms with van der Waals surface area (Å²) >= 11 is 0. The maximum atomic E-state index is 11.0. The van der Waals surface area contributed by atoms with Gasteiger partial charge in [0.25, 0.3) is 5.89 Å². The molecule has 0 bridgehead atoms. The Labute approximate surface area is 121 Å². The highest BCUT2D eigenvalue weighted by molar-refractivity contribution is 5.93. The Morgan fingerprint density at radius 3 is 2.52 bits per heavy atom. The first kappa shape index (κ1) is 13.5. The number of hydrogen-bond acceptors (Lipinski definition) is 5. The number of aromatic nitrogens is 2. The Kier molecular flexibility index (Phi) is 3.31. The van der Waals surface area contributed by atoms with Gasteiger partial charge < -0.3 is 16.0 Å². The quantitative estimate of drug-likeness (QED) is 0.887. The summed E-state index contributed by atoms with van der Waals surface area (Å²) in [5, 5.41) is 3.94. The third kappa shape index (κ3) is 2.71. The summed E-state index contributed by atoms with van der Waals surface area (Å²) in [6.07, 6.45) is 6.43. The molecule has 0 radical (unpaired) electrons. The number of carbonyl (C=O) groups is 1. The minimum Gasteiger partial charge on any atom is -0.366 e. The number of nitrogens with two attached hydrogens (primary N) is 2. The van der Waals surface area contributed by atoms with Gasteiger partial charge in [0.2, 0.25) is 5.91 Å². The first-order valence-electron chi connectivity index (χ1n) is 6.78. The van der Waals surface area contributed by atoms with Gasteiger partial charge in [0.05, 0.1) is 5.54 Å². The maximum absolute atomic E-state index is 11.0. The molecule has 1 heterocycles. The number of rotatable bonds is 4. The molecule has 1 amide bonds. The van der Waals surface area contributed by atoms with Crippen molar-refractivity contribution in [1.82, 2.24) is 10.1 Å². The Bertz CT molecular complexity index is 684. The Hall–Kier alpha value is -2.47. The molecule has 1 aliphatic carbocycles. The molecular weight excluding hydrogens is 268 g/mol. The minimum atomic E-state index is -0.444. The monoisotopic (exact) mass is 284 g/mol. The van der Waals surface area contributed by atoms with E-state index in [1.165, 1.54) is 0 Å². The van der Waals surface area contributed by atoms with Crippen molar-refractivity contribution in [2.45, 2.75) is 24.8 Å². The molecule has 1 aromatic carbocycles. The van der Waals surface area contributed by atoms with Gasteiger partial charge >= 0.3 is 0 Å². The van der Waals surface area contributed by atoms with Crippen molar-refractivity contribution in [2.24, 2.45) is 11.5 Å². The number of benzene rings is 1. The van der Waals surface area contributed by atoms with Crippen molar-refractivity contribution in [3.05, 3.63) is 47.1 Å². The highest BCUT2D eigenvalue weighted by Crippen LogP contribution is 2.36. The molecule has 0 aliphatic heterocycles. The van der Waals surface area contributed by atoms with E-state index in [2.05, 4.69) is 10.1 Å². The fourth-order valence-corrected chi connectivity index (χ4v) is 2.21. The first-order chi connectivity index (χ1) is 10.1. The minimum absolute atomic E-state index is 0.417. The molecule has 108 valence electrons. The van der Waals surface area contributed by atoms with Crippen LogP contribution in [-0.4, -0.2) is 16.0 Å². The molecule has 0 unspecified atom stereocenters. The lowest BCUT2D eigenvalue weighted by atomic mass is 9.77. The number of nitrogens with zero attached hydrogens (tertiary/aromatic N) is 2. The van der Waals surface area contributed by atoms with Gasteiger partial charge in [-0.15, -0.1) is 0 Å². The van der Waals surface area contributed by atoms with E-state index < -0.39 is 11.4 Å². The molecule has 6 nitrogen and oxygen atoms in total. The first-order valence-corrected chi connectivity index (χ1v) is 6.78. The number of amides is 1. The SMILES string of the molecule is NC(=O)c1ccc(/C=C/c2nc(C3(N)CCC3)no2)cc1. The van der Waals surface area contributed by atoms with E-state index >= 15 is 0 Å². The maximum Gasteiger partial charge on any atom is 0.250 e. The van der Waals surface area contributed by atoms with E-state index in [-0.39, 0.29) is 0 Å². The smallest absolute Gasteiger partial charge is 0.250 e. The second-order valence-electron chi connectivity index (χ2n) is 5.29. The fourth-order valence-electron chi connectivity index (χ4n) is 2.21. The molecule has 2 aromatic rings. The highest BCUT2D eigenvalue weighted by Gasteiger charge is 2.38. The van der Waals surface area contributed by atoms with Gasteiger partial charge in [-0.05, 0) is 43.0 Å².